The fourth-order valence-electron chi connectivity index (χ4n) is 4.14. The number of nitrogens with one attached hydrogen (secondary N) is 1. The van der Waals surface area contributed by atoms with Crippen molar-refractivity contribution in [2.45, 2.75) is 38.8 Å². The lowest BCUT2D eigenvalue weighted by Crippen LogP contribution is -2.53. The number of halogens is 4. The van der Waals surface area contributed by atoms with E-state index >= 15 is 0 Å². The summed E-state index contributed by atoms with van der Waals surface area (Å²) in [6.45, 7) is 1.65. The van der Waals surface area contributed by atoms with Crippen LogP contribution >= 0.6 is 34.8 Å². The Hall–Kier alpha value is -2.85. The summed E-state index contributed by atoms with van der Waals surface area (Å²) < 4.78 is 40.3. The van der Waals surface area contributed by atoms with Crippen LogP contribution in [-0.4, -0.2) is 50.5 Å². The van der Waals surface area contributed by atoms with Crippen LogP contribution in [0.1, 0.15) is 30.9 Å². The fourth-order valence-corrected chi connectivity index (χ4v) is 5.69. The molecule has 0 spiro atoms. The highest BCUT2D eigenvalue weighted by Gasteiger charge is 2.33. The van der Waals surface area contributed by atoms with Crippen molar-refractivity contribution in [1.82, 2.24) is 10.2 Å². The number of hydrogen-bond acceptors (Lipinski definition) is 4. The molecular formula is C29H31Cl3FN3O4S. The van der Waals surface area contributed by atoms with E-state index in [4.69, 9.17) is 34.8 Å². The van der Waals surface area contributed by atoms with Crippen LogP contribution in [0.4, 0.5) is 10.1 Å². The van der Waals surface area contributed by atoms with Crippen molar-refractivity contribution >= 4 is 62.3 Å². The molecule has 0 aromatic heterocycles. The van der Waals surface area contributed by atoms with Crippen molar-refractivity contribution < 1.29 is 22.4 Å². The quantitative estimate of drug-likeness (QED) is 0.180. The van der Waals surface area contributed by atoms with Crippen molar-refractivity contribution in [3.63, 3.8) is 0 Å². The predicted octanol–water partition coefficient (Wildman–Crippen LogP) is 6.11. The second kappa shape index (κ2) is 14.9. The van der Waals surface area contributed by atoms with Crippen LogP contribution in [0.15, 0.2) is 66.7 Å². The average Bonchev–Trinajstić information content (AvgIpc) is 2.92. The minimum Gasteiger partial charge on any atom is -0.354 e. The van der Waals surface area contributed by atoms with Gasteiger partial charge in [0.25, 0.3) is 0 Å². The van der Waals surface area contributed by atoms with E-state index < -0.39 is 40.2 Å². The molecule has 41 heavy (non-hydrogen) atoms. The zero-order valence-corrected chi connectivity index (χ0v) is 25.7. The second-order valence-electron chi connectivity index (χ2n) is 9.49. The van der Waals surface area contributed by atoms with E-state index in [2.05, 4.69) is 5.32 Å². The molecule has 0 saturated carbocycles. The first-order valence-corrected chi connectivity index (χ1v) is 15.9. The van der Waals surface area contributed by atoms with Crippen molar-refractivity contribution in [3.8, 4) is 0 Å². The highest BCUT2D eigenvalue weighted by Crippen LogP contribution is 2.35. The van der Waals surface area contributed by atoms with Gasteiger partial charge in [0.15, 0.2) is 0 Å². The Morgan fingerprint density at radius 1 is 0.927 bits per heavy atom. The van der Waals surface area contributed by atoms with Gasteiger partial charge in [-0.3, -0.25) is 13.9 Å². The summed E-state index contributed by atoms with van der Waals surface area (Å²) in [5.41, 5.74) is 1.32. The fraction of sp³-hybridized carbons (Fsp3) is 0.310. The van der Waals surface area contributed by atoms with E-state index in [9.17, 15) is 22.4 Å². The van der Waals surface area contributed by atoms with Crippen LogP contribution in [-0.2, 0) is 32.6 Å². The first-order chi connectivity index (χ1) is 19.4. The molecule has 3 aromatic carbocycles. The van der Waals surface area contributed by atoms with Gasteiger partial charge in [0.05, 0.1) is 27.0 Å². The molecule has 0 saturated heterocycles. The summed E-state index contributed by atoms with van der Waals surface area (Å²) in [4.78, 5) is 28.9. The van der Waals surface area contributed by atoms with Crippen molar-refractivity contribution in [3.05, 3.63) is 98.7 Å². The van der Waals surface area contributed by atoms with E-state index in [1.165, 1.54) is 41.3 Å². The van der Waals surface area contributed by atoms with E-state index in [1.54, 1.807) is 0 Å². The Balaban J connectivity index is 2.07. The molecule has 0 aliphatic heterocycles. The van der Waals surface area contributed by atoms with Gasteiger partial charge in [0, 0.05) is 19.5 Å². The number of carbonyl (C=O) groups is 2. The Labute approximate surface area is 255 Å². The molecule has 1 N–H and O–H groups in total. The lowest BCUT2D eigenvalue weighted by atomic mass is 10.0. The van der Waals surface area contributed by atoms with Crippen LogP contribution in [0.5, 0.6) is 0 Å². The summed E-state index contributed by atoms with van der Waals surface area (Å²) in [5, 5.41) is 3.03. The minimum absolute atomic E-state index is 0.0270. The molecule has 220 valence electrons. The topological polar surface area (TPSA) is 86.8 Å². The summed E-state index contributed by atoms with van der Waals surface area (Å²) in [7, 11) is -4.05. The van der Waals surface area contributed by atoms with Crippen molar-refractivity contribution in [2.75, 3.05) is 23.7 Å². The number of amides is 2. The van der Waals surface area contributed by atoms with Gasteiger partial charge in [-0.25, -0.2) is 12.8 Å². The smallest absolute Gasteiger partial charge is 0.244 e. The third-order valence-electron chi connectivity index (χ3n) is 6.30. The van der Waals surface area contributed by atoms with Crippen LogP contribution in [0.2, 0.25) is 15.1 Å². The standard InChI is InChI=1S/C29H31Cl3FN3O4S/c1-3-4-14-34-29(38)27(15-20-8-6-5-7-9-20)35(18-21-10-12-22(33)13-11-21)28(37)19-36(41(2,39)40)26-17-24(31)23(30)16-25(26)32/h5-13,16-17,27H,3-4,14-15,18-19H2,1-2H3,(H,34,38)/t27-/m0/s1. The van der Waals surface area contributed by atoms with Gasteiger partial charge < -0.3 is 10.2 Å². The maximum atomic E-state index is 14.0. The molecule has 0 heterocycles. The molecule has 1 atom stereocenters. The van der Waals surface area contributed by atoms with Gasteiger partial charge in [-0.05, 0) is 41.8 Å². The molecule has 3 rings (SSSR count). The third kappa shape index (κ3) is 9.33. The molecule has 0 aliphatic rings. The highest BCUT2D eigenvalue weighted by atomic mass is 35.5. The van der Waals surface area contributed by atoms with E-state index in [0.29, 0.717) is 12.1 Å². The molecule has 0 radical (unpaired) electrons. The maximum absolute atomic E-state index is 14.0. The third-order valence-corrected chi connectivity index (χ3v) is 8.46. The highest BCUT2D eigenvalue weighted by molar-refractivity contribution is 7.92. The normalized spacial score (nSPS) is 12.0. The maximum Gasteiger partial charge on any atom is 0.244 e. The van der Waals surface area contributed by atoms with Gasteiger partial charge in [0.2, 0.25) is 21.8 Å². The number of unbranched alkanes of at least 4 members (excludes halogenated alkanes) is 1. The van der Waals surface area contributed by atoms with Gasteiger partial charge in [-0.1, -0.05) is 90.6 Å². The first-order valence-electron chi connectivity index (χ1n) is 12.9. The molecular weight excluding hydrogens is 612 g/mol. The van der Waals surface area contributed by atoms with Crippen LogP contribution in [0.3, 0.4) is 0 Å². The first kappa shape index (κ1) is 32.7. The average molecular weight is 643 g/mol. The molecule has 0 fully saturated rings. The van der Waals surface area contributed by atoms with E-state index in [1.807, 2.05) is 37.3 Å². The number of nitrogens with zero attached hydrogens (tertiary/aromatic N) is 2. The number of rotatable bonds is 13. The number of anilines is 1. The number of sulfonamides is 1. The lowest BCUT2D eigenvalue weighted by molar-refractivity contribution is -0.140. The molecule has 0 bridgehead atoms. The largest absolute Gasteiger partial charge is 0.354 e. The number of benzene rings is 3. The second-order valence-corrected chi connectivity index (χ2v) is 12.6. The molecule has 12 heteroatoms. The lowest BCUT2D eigenvalue weighted by Gasteiger charge is -2.33. The zero-order chi connectivity index (χ0) is 30.2. The summed E-state index contributed by atoms with van der Waals surface area (Å²) in [6, 6.07) is 16.2. The van der Waals surface area contributed by atoms with Gasteiger partial charge >= 0.3 is 0 Å². The van der Waals surface area contributed by atoms with Gasteiger partial charge in [-0.2, -0.15) is 0 Å². The van der Waals surface area contributed by atoms with Crippen molar-refractivity contribution in [2.24, 2.45) is 0 Å². The molecule has 0 aliphatic carbocycles. The monoisotopic (exact) mass is 641 g/mol. The van der Waals surface area contributed by atoms with Crippen LogP contribution in [0, 0.1) is 5.82 Å². The van der Waals surface area contributed by atoms with Gasteiger partial charge in [-0.15, -0.1) is 0 Å². The number of hydrogen-bond donors (Lipinski definition) is 1. The van der Waals surface area contributed by atoms with Crippen LogP contribution in [0.25, 0.3) is 0 Å². The summed E-state index contributed by atoms with van der Waals surface area (Å²) in [5.74, 6) is -1.52. The van der Waals surface area contributed by atoms with E-state index in [-0.39, 0.29) is 33.7 Å². The molecule has 2 amide bonds. The van der Waals surface area contributed by atoms with Crippen molar-refractivity contribution in [1.29, 1.82) is 0 Å². The minimum atomic E-state index is -4.05. The SMILES string of the molecule is CCCCNC(=O)[C@H](Cc1ccccc1)N(Cc1ccc(F)cc1)C(=O)CN(c1cc(Cl)c(Cl)cc1Cl)S(C)(=O)=O. The Kier molecular flexibility index (Phi) is 11.8. The van der Waals surface area contributed by atoms with Gasteiger partial charge in [0.1, 0.15) is 18.4 Å². The van der Waals surface area contributed by atoms with E-state index in [0.717, 1.165) is 29.0 Å². The number of carbonyl (C=O) groups excluding carboxylic acids is 2. The molecule has 7 nitrogen and oxygen atoms in total. The Morgan fingerprint density at radius 2 is 1.56 bits per heavy atom. The zero-order valence-electron chi connectivity index (χ0n) is 22.6. The Bertz CT molecular complexity index is 1460. The summed E-state index contributed by atoms with van der Waals surface area (Å²) in [6.07, 6.45) is 2.70. The predicted molar refractivity (Wildman–Crippen MR) is 162 cm³/mol. The summed E-state index contributed by atoms with van der Waals surface area (Å²) >= 11 is 18.5. The van der Waals surface area contributed by atoms with Crippen LogP contribution < -0.4 is 9.62 Å². The molecule has 0 unspecified atom stereocenters. The Morgan fingerprint density at radius 3 is 2.17 bits per heavy atom. The molecule has 3 aromatic rings.